The highest BCUT2D eigenvalue weighted by atomic mass is 19.1. The molecule has 4 rings (SSSR count). The Labute approximate surface area is 151 Å². The third-order valence-corrected chi connectivity index (χ3v) is 5.22. The van der Waals surface area contributed by atoms with Crippen LogP contribution in [0.4, 0.5) is 20.4 Å². The molecule has 1 aliphatic heterocycles. The summed E-state index contributed by atoms with van der Waals surface area (Å²) in [5, 5.41) is 0. The van der Waals surface area contributed by atoms with Gasteiger partial charge < -0.3 is 9.80 Å². The minimum atomic E-state index is -0.390. The van der Waals surface area contributed by atoms with Gasteiger partial charge in [-0.15, -0.1) is 0 Å². The van der Waals surface area contributed by atoms with E-state index in [1.807, 2.05) is 16.8 Å². The van der Waals surface area contributed by atoms with Crippen molar-refractivity contribution in [2.24, 2.45) is 5.92 Å². The molecule has 2 fully saturated rings. The predicted molar refractivity (Wildman–Crippen MR) is 94.2 cm³/mol. The maximum atomic E-state index is 14.7. The minimum Gasteiger partial charge on any atom is -0.357 e. The third kappa shape index (κ3) is 3.45. The second kappa shape index (κ2) is 7.09. The Morgan fingerprint density at radius 1 is 1.08 bits per heavy atom. The van der Waals surface area contributed by atoms with Gasteiger partial charge in [-0.1, -0.05) is 0 Å². The maximum absolute atomic E-state index is 14.7. The van der Waals surface area contributed by atoms with Crippen molar-refractivity contribution < 1.29 is 8.78 Å². The lowest BCUT2D eigenvalue weighted by Crippen LogP contribution is -2.39. The molecule has 138 valence electrons. The third-order valence-electron chi connectivity index (χ3n) is 5.22. The van der Waals surface area contributed by atoms with Crippen molar-refractivity contribution in [3.05, 3.63) is 36.2 Å². The monoisotopic (exact) mass is 360 g/mol. The Morgan fingerprint density at radius 3 is 2.54 bits per heavy atom. The van der Waals surface area contributed by atoms with Crippen LogP contribution in [0.1, 0.15) is 37.3 Å². The molecule has 0 bridgehead atoms. The Kier molecular flexibility index (Phi) is 4.65. The van der Waals surface area contributed by atoms with Crippen molar-refractivity contribution in [2.75, 3.05) is 36.5 Å². The van der Waals surface area contributed by atoms with Crippen LogP contribution >= 0.6 is 0 Å². The molecule has 0 atom stereocenters. The number of rotatable bonds is 5. The van der Waals surface area contributed by atoms with Crippen LogP contribution in [0.15, 0.2) is 18.9 Å². The quantitative estimate of drug-likeness (QED) is 0.817. The second-order valence-corrected chi connectivity index (χ2v) is 7.18. The maximum Gasteiger partial charge on any atom is 0.187 e. The molecule has 1 saturated carbocycles. The summed E-state index contributed by atoms with van der Waals surface area (Å²) in [5.41, 5.74) is 0.552. The number of nitrogens with zero attached hydrogens (tertiary/aromatic N) is 6. The fraction of sp³-hybridized carbons (Fsp3) is 0.556. The SMILES string of the molecule is CN(CC1CCN(c2ncncc2F)CC1)c1ncnc(C2CC2)c1F. The molecule has 8 heteroatoms. The first-order valence-corrected chi connectivity index (χ1v) is 9.05. The van der Waals surface area contributed by atoms with E-state index >= 15 is 0 Å². The molecule has 0 unspecified atom stereocenters. The molecule has 6 nitrogen and oxygen atoms in total. The highest BCUT2D eigenvalue weighted by molar-refractivity contribution is 5.42. The van der Waals surface area contributed by atoms with Crippen LogP contribution in [-0.2, 0) is 0 Å². The van der Waals surface area contributed by atoms with Crippen LogP contribution in [0.3, 0.4) is 0 Å². The molecule has 1 aliphatic carbocycles. The van der Waals surface area contributed by atoms with E-state index < -0.39 is 5.82 Å². The van der Waals surface area contributed by atoms with E-state index in [0.29, 0.717) is 23.2 Å². The van der Waals surface area contributed by atoms with E-state index in [9.17, 15) is 8.78 Å². The largest absolute Gasteiger partial charge is 0.357 e. The Balaban J connectivity index is 1.37. The van der Waals surface area contributed by atoms with Gasteiger partial charge in [-0.2, -0.15) is 0 Å². The minimum absolute atomic E-state index is 0.260. The van der Waals surface area contributed by atoms with Crippen molar-refractivity contribution in [1.82, 2.24) is 19.9 Å². The van der Waals surface area contributed by atoms with Crippen molar-refractivity contribution in [1.29, 1.82) is 0 Å². The zero-order chi connectivity index (χ0) is 18.1. The van der Waals surface area contributed by atoms with E-state index in [4.69, 9.17) is 0 Å². The Bertz CT molecular complexity index is 774. The summed E-state index contributed by atoms with van der Waals surface area (Å²) in [4.78, 5) is 19.8. The number of hydrogen-bond acceptors (Lipinski definition) is 6. The van der Waals surface area contributed by atoms with Crippen LogP contribution in [0, 0.1) is 17.6 Å². The van der Waals surface area contributed by atoms with Crippen LogP contribution in [0.5, 0.6) is 0 Å². The zero-order valence-corrected chi connectivity index (χ0v) is 14.8. The van der Waals surface area contributed by atoms with Gasteiger partial charge in [-0.05, 0) is 31.6 Å². The van der Waals surface area contributed by atoms with Crippen LogP contribution in [-0.4, -0.2) is 46.6 Å². The summed E-state index contributed by atoms with van der Waals surface area (Å²) in [7, 11) is 1.87. The summed E-state index contributed by atoms with van der Waals surface area (Å²) in [6.45, 7) is 2.18. The molecule has 0 spiro atoms. The molecule has 0 aromatic carbocycles. The highest BCUT2D eigenvalue weighted by Crippen LogP contribution is 2.41. The average Bonchev–Trinajstić information content (AvgIpc) is 3.48. The van der Waals surface area contributed by atoms with E-state index in [-0.39, 0.29) is 11.7 Å². The van der Waals surface area contributed by atoms with Gasteiger partial charge in [0.25, 0.3) is 0 Å². The van der Waals surface area contributed by atoms with Crippen molar-refractivity contribution in [3.63, 3.8) is 0 Å². The summed E-state index contributed by atoms with van der Waals surface area (Å²) in [6, 6.07) is 0. The summed E-state index contributed by atoms with van der Waals surface area (Å²) in [5.74, 6) is 0.738. The molecular weight excluding hydrogens is 338 g/mol. The van der Waals surface area contributed by atoms with Gasteiger partial charge >= 0.3 is 0 Å². The number of halogens is 2. The molecule has 2 aliphatic rings. The molecule has 1 saturated heterocycles. The molecule has 26 heavy (non-hydrogen) atoms. The smallest absolute Gasteiger partial charge is 0.187 e. The lowest BCUT2D eigenvalue weighted by molar-refractivity contribution is 0.401. The summed E-state index contributed by atoms with van der Waals surface area (Å²) < 4.78 is 28.5. The van der Waals surface area contributed by atoms with Crippen LogP contribution < -0.4 is 9.80 Å². The fourth-order valence-electron chi connectivity index (χ4n) is 3.62. The second-order valence-electron chi connectivity index (χ2n) is 7.18. The molecule has 2 aromatic rings. The average molecular weight is 360 g/mol. The zero-order valence-electron chi connectivity index (χ0n) is 14.8. The number of hydrogen-bond donors (Lipinski definition) is 0. The van der Waals surface area contributed by atoms with E-state index in [0.717, 1.165) is 45.3 Å². The lowest BCUT2D eigenvalue weighted by Gasteiger charge is -2.34. The van der Waals surface area contributed by atoms with Gasteiger partial charge in [0.15, 0.2) is 23.3 Å². The van der Waals surface area contributed by atoms with Gasteiger partial charge in [0.2, 0.25) is 0 Å². The van der Waals surface area contributed by atoms with Gasteiger partial charge in [-0.3, -0.25) is 0 Å². The van der Waals surface area contributed by atoms with Crippen LogP contribution in [0.25, 0.3) is 0 Å². The van der Waals surface area contributed by atoms with Crippen LogP contribution in [0.2, 0.25) is 0 Å². The predicted octanol–water partition coefficient (Wildman–Crippen LogP) is 2.78. The standard InChI is InChI=1S/C18H22F2N6/c1-25(18-15(20)16(13-2-3-13)22-11-24-18)9-12-4-6-26(7-5-12)17-14(19)8-21-10-23-17/h8,10-13H,2-7,9H2,1H3. The van der Waals surface area contributed by atoms with E-state index in [1.165, 1.54) is 18.9 Å². The normalized spacial score (nSPS) is 18.2. The lowest BCUT2D eigenvalue weighted by atomic mass is 9.96. The number of piperidine rings is 1. The molecule has 2 aromatic heterocycles. The molecular formula is C18H22F2N6. The topological polar surface area (TPSA) is 58.0 Å². The first-order chi connectivity index (χ1) is 12.6. The van der Waals surface area contributed by atoms with Gasteiger partial charge in [-0.25, -0.2) is 28.7 Å². The van der Waals surface area contributed by atoms with Gasteiger partial charge in [0.1, 0.15) is 12.7 Å². The molecule has 0 amide bonds. The van der Waals surface area contributed by atoms with Gasteiger partial charge in [0, 0.05) is 32.6 Å². The van der Waals surface area contributed by atoms with Crippen molar-refractivity contribution in [2.45, 2.75) is 31.6 Å². The Hall–Kier alpha value is -2.38. The van der Waals surface area contributed by atoms with Crippen molar-refractivity contribution in [3.8, 4) is 0 Å². The summed E-state index contributed by atoms with van der Waals surface area (Å²) >= 11 is 0. The molecule has 3 heterocycles. The van der Waals surface area contributed by atoms with Crippen molar-refractivity contribution >= 4 is 11.6 Å². The van der Waals surface area contributed by atoms with E-state index in [2.05, 4.69) is 19.9 Å². The van der Waals surface area contributed by atoms with E-state index in [1.54, 1.807) is 0 Å². The first-order valence-electron chi connectivity index (χ1n) is 9.05. The fourth-order valence-corrected chi connectivity index (χ4v) is 3.62. The van der Waals surface area contributed by atoms with Gasteiger partial charge in [0.05, 0.1) is 11.9 Å². The molecule has 0 N–H and O–H groups in total. The Morgan fingerprint density at radius 2 is 1.85 bits per heavy atom. The number of anilines is 2. The molecule has 0 radical (unpaired) electrons. The summed E-state index contributed by atoms with van der Waals surface area (Å²) in [6.07, 6.45) is 7.84. The number of aromatic nitrogens is 4. The first kappa shape index (κ1) is 17.1. The highest BCUT2D eigenvalue weighted by Gasteiger charge is 2.31.